The van der Waals surface area contributed by atoms with Crippen LogP contribution in [-0.2, 0) is 11.8 Å². The van der Waals surface area contributed by atoms with Crippen LogP contribution in [0.3, 0.4) is 0 Å². The molecular weight excluding hydrogens is 268 g/mol. The predicted molar refractivity (Wildman–Crippen MR) is 82.0 cm³/mol. The van der Waals surface area contributed by atoms with Crippen LogP contribution in [0.2, 0.25) is 0 Å². The summed E-state index contributed by atoms with van der Waals surface area (Å²) in [7, 11) is 1.86. The van der Waals surface area contributed by atoms with E-state index in [1.54, 1.807) is 4.68 Å². The van der Waals surface area contributed by atoms with Crippen LogP contribution in [0.5, 0.6) is 0 Å². The Hall–Kier alpha value is -1.72. The number of alkyl carbamates (subject to hydrolysis) is 1. The number of hydrogen-bond acceptors (Lipinski definition) is 4. The number of rotatable bonds is 2. The van der Waals surface area contributed by atoms with Crippen molar-refractivity contribution in [2.45, 2.75) is 64.0 Å². The minimum absolute atomic E-state index is 0.192. The maximum atomic E-state index is 11.8. The largest absolute Gasteiger partial charge is 0.444 e. The standard InChI is InChI=1S/C15H26N4O2/c1-15(2,3)21-14(20)17-11-7-5-10(6-8-11)12-9-13(16)19(4)18-12/h9-11H,5-8,16H2,1-4H3,(H,17,20). The maximum absolute atomic E-state index is 11.8. The van der Waals surface area contributed by atoms with E-state index in [0.717, 1.165) is 31.4 Å². The quantitative estimate of drug-likeness (QED) is 0.878. The van der Waals surface area contributed by atoms with Gasteiger partial charge in [-0.2, -0.15) is 5.10 Å². The van der Waals surface area contributed by atoms with Gasteiger partial charge < -0.3 is 15.8 Å². The first-order valence-corrected chi connectivity index (χ1v) is 7.53. The number of carbonyl (C=O) groups is 1. The molecule has 1 saturated carbocycles. The number of nitrogens with zero attached hydrogens (tertiary/aromatic N) is 2. The molecule has 118 valence electrons. The van der Waals surface area contributed by atoms with Gasteiger partial charge in [-0.15, -0.1) is 0 Å². The fraction of sp³-hybridized carbons (Fsp3) is 0.733. The van der Waals surface area contributed by atoms with Crippen molar-refractivity contribution in [3.63, 3.8) is 0 Å². The first-order valence-electron chi connectivity index (χ1n) is 7.53. The number of nitrogen functional groups attached to an aromatic ring is 1. The Labute approximate surface area is 126 Å². The van der Waals surface area contributed by atoms with Crippen LogP contribution in [0.4, 0.5) is 10.6 Å². The Bertz CT molecular complexity index is 477. The van der Waals surface area contributed by atoms with Gasteiger partial charge in [0.25, 0.3) is 0 Å². The molecule has 0 aliphatic heterocycles. The summed E-state index contributed by atoms with van der Waals surface area (Å²) in [5.74, 6) is 1.13. The van der Waals surface area contributed by atoms with Crippen LogP contribution in [0.1, 0.15) is 58.1 Å². The number of ether oxygens (including phenoxy) is 1. The van der Waals surface area contributed by atoms with Crippen molar-refractivity contribution in [2.24, 2.45) is 7.05 Å². The zero-order valence-electron chi connectivity index (χ0n) is 13.3. The molecule has 1 heterocycles. The summed E-state index contributed by atoms with van der Waals surface area (Å²) in [5, 5.41) is 7.40. The molecule has 0 spiro atoms. The molecule has 1 amide bonds. The van der Waals surface area contributed by atoms with Gasteiger partial charge in [0.2, 0.25) is 0 Å². The summed E-state index contributed by atoms with van der Waals surface area (Å²) in [6, 6.07) is 2.14. The molecule has 0 bridgehead atoms. The molecule has 3 N–H and O–H groups in total. The van der Waals surface area contributed by atoms with Crippen LogP contribution in [-0.4, -0.2) is 27.5 Å². The second kappa shape index (κ2) is 5.95. The molecule has 21 heavy (non-hydrogen) atoms. The number of aryl methyl sites for hydroxylation is 1. The molecule has 2 rings (SSSR count). The molecule has 0 radical (unpaired) electrons. The number of anilines is 1. The molecular formula is C15H26N4O2. The van der Waals surface area contributed by atoms with E-state index in [2.05, 4.69) is 10.4 Å². The lowest BCUT2D eigenvalue weighted by Crippen LogP contribution is -2.40. The third-order valence-corrected chi connectivity index (χ3v) is 3.80. The summed E-state index contributed by atoms with van der Waals surface area (Å²) < 4.78 is 7.00. The monoisotopic (exact) mass is 294 g/mol. The summed E-state index contributed by atoms with van der Waals surface area (Å²) in [5.41, 5.74) is 6.44. The van der Waals surface area contributed by atoms with Gasteiger partial charge in [-0.25, -0.2) is 4.79 Å². The minimum atomic E-state index is -0.452. The Morgan fingerprint density at radius 3 is 2.48 bits per heavy atom. The molecule has 1 aliphatic carbocycles. The molecule has 1 fully saturated rings. The predicted octanol–water partition coefficient (Wildman–Crippen LogP) is 2.55. The number of aromatic nitrogens is 2. The Morgan fingerprint density at radius 2 is 2.00 bits per heavy atom. The van der Waals surface area contributed by atoms with Gasteiger partial charge in [0.05, 0.1) is 5.69 Å². The van der Waals surface area contributed by atoms with E-state index in [-0.39, 0.29) is 12.1 Å². The number of nitrogens with two attached hydrogens (primary N) is 1. The van der Waals surface area contributed by atoms with Crippen molar-refractivity contribution in [1.82, 2.24) is 15.1 Å². The summed E-state index contributed by atoms with van der Waals surface area (Å²) >= 11 is 0. The van der Waals surface area contributed by atoms with Crippen LogP contribution >= 0.6 is 0 Å². The van der Waals surface area contributed by atoms with E-state index >= 15 is 0 Å². The van der Waals surface area contributed by atoms with Crippen LogP contribution in [0.25, 0.3) is 0 Å². The number of hydrogen-bond donors (Lipinski definition) is 2. The minimum Gasteiger partial charge on any atom is -0.444 e. The Kier molecular flexibility index (Phi) is 4.44. The highest BCUT2D eigenvalue weighted by atomic mass is 16.6. The van der Waals surface area contributed by atoms with Crippen molar-refractivity contribution in [3.8, 4) is 0 Å². The lowest BCUT2D eigenvalue weighted by molar-refractivity contribution is 0.0491. The van der Waals surface area contributed by atoms with E-state index in [1.807, 2.05) is 33.9 Å². The van der Waals surface area contributed by atoms with Crippen molar-refractivity contribution < 1.29 is 9.53 Å². The second-order valence-corrected chi connectivity index (χ2v) is 6.81. The lowest BCUT2D eigenvalue weighted by Gasteiger charge is -2.29. The van der Waals surface area contributed by atoms with E-state index in [1.165, 1.54) is 0 Å². The normalized spacial score (nSPS) is 22.9. The SMILES string of the molecule is Cn1nc(C2CCC(NC(=O)OC(C)(C)C)CC2)cc1N. The third-order valence-electron chi connectivity index (χ3n) is 3.80. The zero-order valence-corrected chi connectivity index (χ0v) is 13.3. The zero-order chi connectivity index (χ0) is 15.6. The highest BCUT2D eigenvalue weighted by Crippen LogP contribution is 2.32. The number of amides is 1. The van der Waals surface area contributed by atoms with Gasteiger partial charge in [0, 0.05) is 25.1 Å². The summed E-state index contributed by atoms with van der Waals surface area (Å²) in [4.78, 5) is 11.8. The summed E-state index contributed by atoms with van der Waals surface area (Å²) in [6.07, 6.45) is 3.59. The second-order valence-electron chi connectivity index (χ2n) is 6.81. The van der Waals surface area contributed by atoms with Gasteiger partial charge in [-0.3, -0.25) is 4.68 Å². The Balaban J connectivity index is 1.82. The van der Waals surface area contributed by atoms with E-state index < -0.39 is 5.60 Å². The average Bonchev–Trinajstić information content (AvgIpc) is 2.68. The highest BCUT2D eigenvalue weighted by molar-refractivity contribution is 5.68. The number of carbonyl (C=O) groups excluding carboxylic acids is 1. The fourth-order valence-electron chi connectivity index (χ4n) is 2.71. The van der Waals surface area contributed by atoms with E-state index in [0.29, 0.717) is 11.7 Å². The van der Waals surface area contributed by atoms with Crippen LogP contribution in [0.15, 0.2) is 6.07 Å². The van der Waals surface area contributed by atoms with Gasteiger partial charge >= 0.3 is 6.09 Å². The topological polar surface area (TPSA) is 82.2 Å². The van der Waals surface area contributed by atoms with E-state index in [4.69, 9.17) is 10.5 Å². The van der Waals surface area contributed by atoms with Gasteiger partial charge in [0.1, 0.15) is 11.4 Å². The molecule has 1 aromatic heterocycles. The first-order chi connectivity index (χ1) is 9.74. The first kappa shape index (κ1) is 15.7. The van der Waals surface area contributed by atoms with Crippen molar-refractivity contribution >= 4 is 11.9 Å². The van der Waals surface area contributed by atoms with Crippen molar-refractivity contribution in [3.05, 3.63) is 11.8 Å². The smallest absolute Gasteiger partial charge is 0.407 e. The van der Waals surface area contributed by atoms with Crippen LogP contribution in [0, 0.1) is 0 Å². The average molecular weight is 294 g/mol. The van der Waals surface area contributed by atoms with Crippen LogP contribution < -0.4 is 11.1 Å². The van der Waals surface area contributed by atoms with Crippen molar-refractivity contribution in [2.75, 3.05) is 5.73 Å². The van der Waals surface area contributed by atoms with Crippen molar-refractivity contribution in [1.29, 1.82) is 0 Å². The maximum Gasteiger partial charge on any atom is 0.407 e. The molecule has 6 heteroatoms. The molecule has 0 aromatic carbocycles. The lowest BCUT2D eigenvalue weighted by atomic mass is 9.84. The molecule has 0 atom stereocenters. The highest BCUT2D eigenvalue weighted by Gasteiger charge is 2.26. The molecule has 0 saturated heterocycles. The fourth-order valence-corrected chi connectivity index (χ4v) is 2.71. The molecule has 0 unspecified atom stereocenters. The molecule has 6 nitrogen and oxygen atoms in total. The van der Waals surface area contributed by atoms with Gasteiger partial charge in [0.15, 0.2) is 0 Å². The van der Waals surface area contributed by atoms with E-state index in [9.17, 15) is 4.79 Å². The summed E-state index contributed by atoms with van der Waals surface area (Å²) in [6.45, 7) is 5.61. The Morgan fingerprint density at radius 1 is 1.38 bits per heavy atom. The van der Waals surface area contributed by atoms with Gasteiger partial charge in [-0.05, 0) is 46.5 Å². The molecule has 1 aromatic rings. The molecule has 1 aliphatic rings. The number of nitrogens with one attached hydrogen (secondary N) is 1. The third kappa shape index (κ3) is 4.37. The van der Waals surface area contributed by atoms with Gasteiger partial charge in [-0.1, -0.05) is 0 Å².